The first-order valence-corrected chi connectivity index (χ1v) is 10.0. The Morgan fingerprint density at radius 1 is 1.10 bits per heavy atom. The van der Waals surface area contributed by atoms with Crippen molar-refractivity contribution < 1.29 is 23.9 Å². The SMILES string of the molecule is C[C@H](Oc1ccc(C(C)(C)C)cc1)C(=O)NNC(=O)CN1C(=O)COc2ccccc21. The lowest BCUT2D eigenvalue weighted by molar-refractivity contribution is -0.132. The van der Waals surface area contributed by atoms with Gasteiger partial charge in [0, 0.05) is 0 Å². The fraction of sp³-hybridized carbons (Fsp3) is 0.348. The number of carbonyl (C=O) groups is 3. The zero-order valence-electron chi connectivity index (χ0n) is 18.1. The first kappa shape index (κ1) is 22.1. The lowest BCUT2D eigenvalue weighted by Gasteiger charge is -2.28. The number of anilines is 1. The number of hydrogen-bond acceptors (Lipinski definition) is 5. The smallest absolute Gasteiger partial charge is 0.279 e. The third-order valence-corrected chi connectivity index (χ3v) is 4.84. The number of nitrogens with zero attached hydrogens (tertiary/aromatic N) is 1. The first-order valence-electron chi connectivity index (χ1n) is 10.0. The molecule has 3 amide bonds. The zero-order chi connectivity index (χ0) is 22.6. The minimum absolute atomic E-state index is 0.0220. The number of rotatable bonds is 5. The van der Waals surface area contributed by atoms with Gasteiger partial charge in [-0.1, -0.05) is 45.0 Å². The molecule has 8 heteroatoms. The molecule has 1 aliphatic rings. The van der Waals surface area contributed by atoms with E-state index in [9.17, 15) is 14.4 Å². The third-order valence-electron chi connectivity index (χ3n) is 4.84. The average molecular weight is 425 g/mol. The van der Waals surface area contributed by atoms with Crippen LogP contribution in [0.2, 0.25) is 0 Å². The van der Waals surface area contributed by atoms with Crippen LogP contribution < -0.4 is 25.2 Å². The number of fused-ring (bicyclic) bond motifs is 1. The van der Waals surface area contributed by atoms with E-state index in [1.165, 1.54) is 4.90 Å². The van der Waals surface area contributed by atoms with Crippen molar-refractivity contribution in [3.63, 3.8) is 0 Å². The fourth-order valence-electron chi connectivity index (χ4n) is 3.03. The summed E-state index contributed by atoms with van der Waals surface area (Å²) in [6, 6.07) is 14.5. The van der Waals surface area contributed by atoms with Crippen LogP contribution in [-0.4, -0.2) is 37.0 Å². The molecule has 0 radical (unpaired) electrons. The van der Waals surface area contributed by atoms with Gasteiger partial charge in [0.15, 0.2) is 12.7 Å². The van der Waals surface area contributed by atoms with Crippen molar-refractivity contribution in [1.82, 2.24) is 10.9 Å². The molecule has 0 fully saturated rings. The topological polar surface area (TPSA) is 97.0 Å². The molecule has 3 rings (SSSR count). The molecule has 8 nitrogen and oxygen atoms in total. The van der Waals surface area contributed by atoms with Crippen LogP contribution in [0.5, 0.6) is 11.5 Å². The minimum Gasteiger partial charge on any atom is -0.482 e. The first-order chi connectivity index (χ1) is 14.6. The van der Waals surface area contributed by atoms with Gasteiger partial charge in [-0.25, -0.2) is 0 Å². The summed E-state index contributed by atoms with van der Waals surface area (Å²) >= 11 is 0. The van der Waals surface area contributed by atoms with Crippen molar-refractivity contribution in [2.75, 3.05) is 18.1 Å². The predicted octanol–water partition coefficient (Wildman–Crippen LogP) is 2.32. The van der Waals surface area contributed by atoms with Gasteiger partial charge in [0.05, 0.1) is 5.69 Å². The highest BCUT2D eigenvalue weighted by Crippen LogP contribution is 2.31. The number of nitrogens with one attached hydrogen (secondary N) is 2. The van der Waals surface area contributed by atoms with E-state index >= 15 is 0 Å². The van der Waals surface area contributed by atoms with E-state index < -0.39 is 17.9 Å². The Balaban J connectivity index is 1.51. The molecule has 2 N–H and O–H groups in total. The van der Waals surface area contributed by atoms with Crippen LogP contribution in [-0.2, 0) is 19.8 Å². The predicted molar refractivity (Wildman–Crippen MR) is 116 cm³/mol. The Morgan fingerprint density at radius 2 is 1.77 bits per heavy atom. The molecule has 0 bridgehead atoms. The molecule has 164 valence electrons. The molecule has 0 spiro atoms. The minimum atomic E-state index is -0.827. The molecule has 2 aromatic rings. The summed E-state index contributed by atoms with van der Waals surface area (Å²) in [4.78, 5) is 38.0. The van der Waals surface area contributed by atoms with E-state index in [-0.39, 0.29) is 24.5 Å². The maximum atomic E-state index is 12.3. The van der Waals surface area contributed by atoms with Crippen LogP contribution >= 0.6 is 0 Å². The number of para-hydroxylation sites is 2. The van der Waals surface area contributed by atoms with Gasteiger partial charge in [-0.3, -0.25) is 30.1 Å². The molecule has 1 heterocycles. The van der Waals surface area contributed by atoms with Crippen molar-refractivity contribution >= 4 is 23.4 Å². The number of benzene rings is 2. The summed E-state index contributed by atoms with van der Waals surface area (Å²) in [6.45, 7) is 7.54. The maximum absolute atomic E-state index is 12.3. The van der Waals surface area contributed by atoms with Crippen molar-refractivity contribution in [3.05, 3.63) is 54.1 Å². The third kappa shape index (κ3) is 5.53. The average Bonchev–Trinajstić information content (AvgIpc) is 2.73. The van der Waals surface area contributed by atoms with Gasteiger partial charge in [0.2, 0.25) is 0 Å². The zero-order valence-corrected chi connectivity index (χ0v) is 18.1. The second-order valence-electron chi connectivity index (χ2n) is 8.31. The second-order valence-corrected chi connectivity index (χ2v) is 8.31. The van der Waals surface area contributed by atoms with Gasteiger partial charge >= 0.3 is 0 Å². The molecule has 1 aliphatic heterocycles. The van der Waals surface area contributed by atoms with Gasteiger partial charge in [-0.05, 0) is 42.2 Å². The molecule has 0 aromatic heterocycles. The molecule has 0 saturated carbocycles. The Labute approximate surface area is 181 Å². The van der Waals surface area contributed by atoms with Crippen LogP contribution in [0.1, 0.15) is 33.3 Å². The summed E-state index contributed by atoms with van der Waals surface area (Å²) < 4.78 is 11.0. The number of carbonyl (C=O) groups excluding carboxylic acids is 3. The number of amides is 3. The van der Waals surface area contributed by atoms with Crippen LogP contribution in [0.4, 0.5) is 5.69 Å². The van der Waals surface area contributed by atoms with Crippen molar-refractivity contribution in [3.8, 4) is 11.5 Å². The van der Waals surface area contributed by atoms with Gasteiger partial charge < -0.3 is 9.47 Å². The van der Waals surface area contributed by atoms with Crippen LogP contribution in [0.3, 0.4) is 0 Å². The Kier molecular flexibility index (Phi) is 6.48. The number of ether oxygens (including phenoxy) is 2. The van der Waals surface area contributed by atoms with E-state index in [1.807, 2.05) is 24.3 Å². The highest BCUT2D eigenvalue weighted by molar-refractivity contribution is 6.02. The van der Waals surface area contributed by atoms with Gasteiger partial charge in [0.1, 0.15) is 18.0 Å². The summed E-state index contributed by atoms with van der Waals surface area (Å²) in [5, 5.41) is 0. The molecule has 0 saturated heterocycles. The maximum Gasteiger partial charge on any atom is 0.279 e. The highest BCUT2D eigenvalue weighted by atomic mass is 16.5. The highest BCUT2D eigenvalue weighted by Gasteiger charge is 2.27. The Bertz CT molecular complexity index is 966. The normalized spacial score (nSPS) is 14.2. The summed E-state index contributed by atoms with van der Waals surface area (Å²) in [6.07, 6.45) is -0.827. The van der Waals surface area contributed by atoms with E-state index in [0.717, 1.165) is 5.56 Å². The number of hydrazine groups is 1. The Hall–Kier alpha value is -3.55. The van der Waals surface area contributed by atoms with Gasteiger partial charge in [-0.2, -0.15) is 0 Å². The standard InChI is InChI=1S/C23H27N3O5/c1-15(31-17-11-9-16(10-12-17)23(2,3)4)22(29)25-24-20(27)13-26-18-7-5-6-8-19(18)30-14-21(26)28/h5-12,15H,13-14H2,1-4H3,(H,24,27)(H,25,29)/t15-/m0/s1. The lowest BCUT2D eigenvalue weighted by Crippen LogP contribution is -2.52. The molecule has 31 heavy (non-hydrogen) atoms. The monoisotopic (exact) mass is 425 g/mol. The van der Waals surface area contributed by atoms with Crippen molar-refractivity contribution in [2.45, 2.75) is 39.2 Å². The van der Waals surface area contributed by atoms with Crippen LogP contribution in [0, 0.1) is 0 Å². The van der Waals surface area contributed by atoms with E-state index in [4.69, 9.17) is 9.47 Å². The largest absolute Gasteiger partial charge is 0.482 e. The van der Waals surface area contributed by atoms with Crippen LogP contribution in [0.15, 0.2) is 48.5 Å². The quantitative estimate of drug-likeness (QED) is 0.717. The molecular weight excluding hydrogens is 398 g/mol. The van der Waals surface area contributed by atoms with E-state index in [2.05, 4.69) is 31.6 Å². The lowest BCUT2D eigenvalue weighted by atomic mass is 9.87. The summed E-state index contributed by atoms with van der Waals surface area (Å²) in [5.41, 5.74) is 6.35. The van der Waals surface area contributed by atoms with E-state index in [1.54, 1.807) is 31.2 Å². The summed E-state index contributed by atoms with van der Waals surface area (Å²) in [5.74, 6) is -0.311. The van der Waals surface area contributed by atoms with Gasteiger partial charge in [-0.15, -0.1) is 0 Å². The fourth-order valence-corrected chi connectivity index (χ4v) is 3.03. The Morgan fingerprint density at radius 3 is 2.45 bits per heavy atom. The van der Waals surface area contributed by atoms with E-state index in [0.29, 0.717) is 17.2 Å². The van der Waals surface area contributed by atoms with Crippen molar-refractivity contribution in [1.29, 1.82) is 0 Å². The molecular formula is C23H27N3O5. The molecule has 0 unspecified atom stereocenters. The van der Waals surface area contributed by atoms with Crippen molar-refractivity contribution in [2.24, 2.45) is 0 Å². The molecule has 1 atom stereocenters. The second kappa shape index (κ2) is 9.07. The molecule has 2 aromatic carbocycles. The van der Waals surface area contributed by atoms with Crippen LogP contribution in [0.25, 0.3) is 0 Å². The summed E-state index contributed by atoms with van der Waals surface area (Å²) in [7, 11) is 0. The van der Waals surface area contributed by atoms with Gasteiger partial charge in [0.25, 0.3) is 17.7 Å². The number of hydrogen-bond donors (Lipinski definition) is 2. The molecule has 0 aliphatic carbocycles.